The Hall–Kier alpha value is -2.41. The van der Waals surface area contributed by atoms with Crippen LogP contribution in [-0.2, 0) is 9.53 Å². The first kappa shape index (κ1) is 13.6. The van der Waals surface area contributed by atoms with Gasteiger partial charge in [-0.3, -0.25) is 4.79 Å². The number of imidazole rings is 1. The van der Waals surface area contributed by atoms with Crippen molar-refractivity contribution in [3.63, 3.8) is 0 Å². The van der Waals surface area contributed by atoms with Crippen molar-refractivity contribution < 1.29 is 19.4 Å². The molecular weight excluding hydrogens is 274 g/mol. The second-order valence-electron chi connectivity index (χ2n) is 5.04. The Morgan fingerprint density at radius 3 is 3.05 bits per heavy atom. The van der Waals surface area contributed by atoms with Gasteiger partial charge in [0.05, 0.1) is 13.2 Å². The summed E-state index contributed by atoms with van der Waals surface area (Å²) in [5.74, 6) is -1.33. The van der Waals surface area contributed by atoms with Gasteiger partial charge in [0.15, 0.2) is 6.10 Å². The standard InChI is InChI=1S/C14H15N3O4/c1-9-2-3-16-7-10(15-12(16)6-9)13(18)17-4-5-21-11(8-17)14(19)20/h2-3,6-7,11H,4-5,8H2,1H3,(H,19,20). The van der Waals surface area contributed by atoms with Crippen LogP contribution < -0.4 is 0 Å². The summed E-state index contributed by atoms with van der Waals surface area (Å²) < 4.78 is 6.88. The fraction of sp³-hybridized carbons (Fsp3) is 0.357. The molecule has 1 aliphatic heterocycles. The number of hydrogen-bond acceptors (Lipinski definition) is 4. The van der Waals surface area contributed by atoms with Crippen LogP contribution in [0.25, 0.3) is 5.65 Å². The number of aromatic nitrogens is 2. The van der Waals surface area contributed by atoms with Gasteiger partial charge in [0, 0.05) is 18.9 Å². The van der Waals surface area contributed by atoms with Gasteiger partial charge in [-0.25, -0.2) is 9.78 Å². The predicted molar refractivity (Wildman–Crippen MR) is 73.2 cm³/mol. The summed E-state index contributed by atoms with van der Waals surface area (Å²) in [5.41, 5.74) is 2.07. The zero-order valence-electron chi connectivity index (χ0n) is 11.5. The molecule has 3 rings (SSSR count). The molecule has 3 heterocycles. The molecule has 7 nitrogen and oxygen atoms in total. The van der Waals surface area contributed by atoms with E-state index < -0.39 is 12.1 Å². The molecule has 1 saturated heterocycles. The number of aryl methyl sites for hydroxylation is 1. The van der Waals surface area contributed by atoms with Gasteiger partial charge in [-0.1, -0.05) is 0 Å². The van der Waals surface area contributed by atoms with Crippen molar-refractivity contribution in [1.82, 2.24) is 14.3 Å². The third kappa shape index (κ3) is 2.59. The predicted octanol–water partition coefficient (Wildman–Crippen LogP) is 0.568. The molecule has 0 bridgehead atoms. The van der Waals surface area contributed by atoms with E-state index in [4.69, 9.17) is 9.84 Å². The van der Waals surface area contributed by atoms with E-state index in [1.165, 1.54) is 4.90 Å². The van der Waals surface area contributed by atoms with Crippen LogP contribution in [0.15, 0.2) is 24.5 Å². The number of carbonyl (C=O) groups excluding carboxylic acids is 1. The van der Waals surface area contributed by atoms with Crippen LogP contribution in [0.3, 0.4) is 0 Å². The maximum atomic E-state index is 12.4. The van der Waals surface area contributed by atoms with E-state index in [2.05, 4.69) is 4.98 Å². The largest absolute Gasteiger partial charge is 0.479 e. The molecule has 1 amide bonds. The van der Waals surface area contributed by atoms with Gasteiger partial charge in [0.2, 0.25) is 0 Å². The van der Waals surface area contributed by atoms with Crippen LogP contribution in [0.1, 0.15) is 16.1 Å². The lowest BCUT2D eigenvalue weighted by Crippen LogP contribution is -2.48. The second-order valence-corrected chi connectivity index (χ2v) is 5.04. The molecule has 0 aromatic carbocycles. The van der Waals surface area contributed by atoms with Crippen LogP contribution in [0, 0.1) is 6.92 Å². The first-order valence-electron chi connectivity index (χ1n) is 6.63. The third-order valence-electron chi connectivity index (χ3n) is 3.46. The number of hydrogen-bond donors (Lipinski definition) is 1. The molecular formula is C14H15N3O4. The second kappa shape index (κ2) is 5.17. The lowest BCUT2D eigenvalue weighted by Gasteiger charge is -2.30. The number of carboxylic acids is 1. The molecule has 1 aliphatic rings. The Kier molecular flexibility index (Phi) is 3.34. The van der Waals surface area contributed by atoms with E-state index in [1.807, 2.05) is 25.3 Å². The highest BCUT2D eigenvalue weighted by Crippen LogP contribution is 2.13. The molecule has 1 N–H and O–H groups in total. The normalized spacial score (nSPS) is 18.9. The lowest BCUT2D eigenvalue weighted by molar-refractivity contribution is -0.154. The Bertz CT molecular complexity index is 709. The Labute approximate surface area is 120 Å². The average molecular weight is 289 g/mol. The summed E-state index contributed by atoms with van der Waals surface area (Å²) in [4.78, 5) is 29.1. The maximum Gasteiger partial charge on any atom is 0.334 e. The quantitative estimate of drug-likeness (QED) is 0.873. The van der Waals surface area contributed by atoms with Gasteiger partial charge in [-0.05, 0) is 24.6 Å². The highest BCUT2D eigenvalue weighted by molar-refractivity contribution is 5.93. The van der Waals surface area contributed by atoms with Crippen molar-refractivity contribution in [3.05, 3.63) is 35.8 Å². The summed E-state index contributed by atoms with van der Waals surface area (Å²) >= 11 is 0. The number of pyridine rings is 1. The van der Waals surface area contributed by atoms with E-state index in [-0.39, 0.29) is 19.1 Å². The Balaban J connectivity index is 1.84. The molecule has 0 radical (unpaired) electrons. The van der Waals surface area contributed by atoms with E-state index in [0.29, 0.717) is 17.9 Å². The van der Waals surface area contributed by atoms with Gasteiger partial charge in [-0.15, -0.1) is 0 Å². The average Bonchev–Trinajstić information content (AvgIpc) is 2.89. The van der Waals surface area contributed by atoms with Crippen LogP contribution in [-0.4, -0.2) is 57.1 Å². The molecule has 0 spiro atoms. The summed E-state index contributed by atoms with van der Waals surface area (Å²) in [5, 5.41) is 8.97. The third-order valence-corrected chi connectivity index (χ3v) is 3.46. The number of nitrogens with zero attached hydrogens (tertiary/aromatic N) is 3. The SMILES string of the molecule is Cc1ccn2cc(C(=O)N3CCOC(C(=O)O)C3)nc2c1. The molecule has 1 atom stereocenters. The molecule has 2 aromatic heterocycles. The number of aliphatic carboxylic acids is 1. The minimum atomic E-state index is -1.06. The number of rotatable bonds is 2. The van der Waals surface area contributed by atoms with Crippen LogP contribution >= 0.6 is 0 Å². The van der Waals surface area contributed by atoms with Gasteiger partial charge < -0.3 is 19.1 Å². The monoisotopic (exact) mass is 289 g/mol. The molecule has 21 heavy (non-hydrogen) atoms. The molecule has 0 aliphatic carbocycles. The molecule has 1 fully saturated rings. The van der Waals surface area contributed by atoms with E-state index in [1.54, 1.807) is 10.6 Å². The molecule has 2 aromatic rings. The minimum Gasteiger partial charge on any atom is -0.479 e. The van der Waals surface area contributed by atoms with E-state index >= 15 is 0 Å². The molecule has 7 heteroatoms. The number of morpholine rings is 1. The van der Waals surface area contributed by atoms with Gasteiger partial charge in [0.1, 0.15) is 11.3 Å². The lowest BCUT2D eigenvalue weighted by atomic mass is 10.2. The Morgan fingerprint density at radius 1 is 1.48 bits per heavy atom. The van der Waals surface area contributed by atoms with Gasteiger partial charge >= 0.3 is 5.97 Å². The zero-order valence-corrected chi connectivity index (χ0v) is 11.5. The number of carbonyl (C=O) groups is 2. The maximum absolute atomic E-state index is 12.4. The summed E-state index contributed by atoms with van der Waals surface area (Å²) in [7, 11) is 0. The van der Waals surface area contributed by atoms with E-state index in [0.717, 1.165) is 5.56 Å². The van der Waals surface area contributed by atoms with Crippen molar-refractivity contribution in [1.29, 1.82) is 0 Å². The van der Waals surface area contributed by atoms with Crippen molar-refractivity contribution in [2.75, 3.05) is 19.7 Å². The topological polar surface area (TPSA) is 84.1 Å². The Morgan fingerprint density at radius 2 is 2.29 bits per heavy atom. The molecule has 1 unspecified atom stereocenters. The number of fused-ring (bicyclic) bond motifs is 1. The van der Waals surface area contributed by atoms with Gasteiger partial charge in [-0.2, -0.15) is 0 Å². The number of carboxylic acid groups (broad SMARTS) is 1. The summed E-state index contributed by atoms with van der Waals surface area (Å²) in [6, 6.07) is 3.81. The zero-order chi connectivity index (χ0) is 15.0. The molecule has 0 saturated carbocycles. The number of ether oxygens (including phenoxy) is 1. The first-order chi connectivity index (χ1) is 10.0. The summed E-state index contributed by atoms with van der Waals surface area (Å²) in [6.45, 7) is 2.58. The van der Waals surface area contributed by atoms with Crippen molar-refractivity contribution in [3.8, 4) is 0 Å². The van der Waals surface area contributed by atoms with Crippen molar-refractivity contribution in [2.24, 2.45) is 0 Å². The fourth-order valence-electron chi connectivity index (χ4n) is 2.33. The van der Waals surface area contributed by atoms with Crippen LogP contribution in [0.5, 0.6) is 0 Å². The number of amides is 1. The van der Waals surface area contributed by atoms with Crippen molar-refractivity contribution in [2.45, 2.75) is 13.0 Å². The van der Waals surface area contributed by atoms with Crippen LogP contribution in [0.4, 0.5) is 0 Å². The van der Waals surface area contributed by atoms with E-state index in [9.17, 15) is 9.59 Å². The minimum absolute atomic E-state index is 0.0427. The van der Waals surface area contributed by atoms with Gasteiger partial charge in [0.25, 0.3) is 5.91 Å². The fourth-order valence-corrected chi connectivity index (χ4v) is 2.33. The van der Waals surface area contributed by atoms with Crippen LogP contribution in [0.2, 0.25) is 0 Å². The smallest absolute Gasteiger partial charge is 0.334 e. The molecule has 110 valence electrons. The highest BCUT2D eigenvalue weighted by Gasteiger charge is 2.30. The first-order valence-corrected chi connectivity index (χ1v) is 6.63. The highest BCUT2D eigenvalue weighted by atomic mass is 16.5. The summed E-state index contributed by atoms with van der Waals surface area (Å²) in [6.07, 6.45) is 2.53. The van der Waals surface area contributed by atoms with Crippen molar-refractivity contribution >= 4 is 17.5 Å².